The lowest BCUT2D eigenvalue weighted by atomic mass is 10.1. The molecule has 2 heterocycles. The molecule has 0 bridgehead atoms. The molecule has 3 N–H and O–H groups in total. The van der Waals surface area contributed by atoms with E-state index in [1.165, 1.54) is 0 Å². The molecule has 2 aromatic rings. The minimum Gasteiger partial charge on any atom is -0.379 e. The molecule has 0 spiro atoms. The van der Waals surface area contributed by atoms with E-state index in [-0.39, 0.29) is 24.0 Å². The first kappa shape index (κ1) is 19.9. The number of guanidine groups is 1. The van der Waals surface area contributed by atoms with E-state index in [0.717, 1.165) is 62.3 Å². The molecule has 7 heteroatoms. The minimum absolute atomic E-state index is 0. The Bertz CT molecular complexity index is 683. The van der Waals surface area contributed by atoms with Gasteiger partial charge >= 0.3 is 0 Å². The van der Waals surface area contributed by atoms with Gasteiger partial charge in [-0.25, -0.2) is 4.99 Å². The Balaban J connectivity index is 0.00000225. The highest BCUT2D eigenvalue weighted by molar-refractivity contribution is 14.0. The van der Waals surface area contributed by atoms with Crippen LogP contribution in [0.15, 0.2) is 41.5 Å². The Labute approximate surface area is 165 Å². The van der Waals surface area contributed by atoms with Crippen molar-refractivity contribution in [3.8, 4) is 0 Å². The molecule has 0 radical (unpaired) electrons. The lowest BCUT2D eigenvalue weighted by Crippen LogP contribution is -2.39. The summed E-state index contributed by atoms with van der Waals surface area (Å²) < 4.78 is 5.35. The fraction of sp³-hybridized carbons (Fsp3) is 0.444. The van der Waals surface area contributed by atoms with E-state index >= 15 is 0 Å². The number of fused-ring (bicyclic) bond motifs is 1. The minimum atomic E-state index is 0. The maximum atomic E-state index is 5.97. The molecule has 136 valence electrons. The van der Waals surface area contributed by atoms with Crippen LogP contribution in [-0.2, 0) is 11.3 Å². The highest BCUT2D eigenvalue weighted by Gasteiger charge is 2.09. The smallest absolute Gasteiger partial charge is 0.188 e. The highest BCUT2D eigenvalue weighted by Crippen LogP contribution is 2.16. The van der Waals surface area contributed by atoms with Crippen LogP contribution in [-0.4, -0.2) is 55.2 Å². The van der Waals surface area contributed by atoms with Gasteiger partial charge in [0.25, 0.3) is 0 Å². The summed E-state index contributed by atoms with van der Waals surface area (Å²) in [6.07, 6.45) is 2.86. The highest BCUT2D eigenvalue weighted by atomic mass is 127. The van der Waals surface area contributed by atoms with Crippen LogP contribution >= 0.6 is 24.0 Å². The van der Waals surface area contributed by atoms with E-state index in [0.29, 0.717) is 12.5 Å². The zero-order valence-electron chi connectivity index (χ0n) is 14.4. The molecule has 1 aliphatic heterocycles. The standard InChI is InChI=1S/C18H25N5O.HI/c19-18(21-8-3-9-23-10-12-24-13-11-23)22-14-16-5-1-4-15-6-2-7-20-17(15)16;/h1-2,4-7H,3,8-14H2,(H3,19,21,22);1H. The van der Waals surface area contributed by atoms with Crippen LogP contribution in [0.1, 0.15) is 12.0 Å². The van der Waals surface area contributed by atoms with Gasteiger partial charge < -0.3 is 15.8 Å². The fourth-order valence-corrected chi connectivity index (χ4v) is 2.87. The van der Waals surface area contributed by atoms with Crippen LogP contribution in [0.5, 0.6) is 0 Å². The van der Waals surface area contributed by atoms with Crippen LogP contribution < -0.4 is 11.1 Å². The number of hydrogen-bond donors (Lipinski definition) is 2. The molecule has 1 aromatic carbocycles. The van der Waals surface area contributed by atoms with Gasteiger partial charge in [-0.2, -0.15) is 0 Å². The molecule has 0 amide bonds. The second-order valence-corrected chi connectivity index (χ2v) is 5.93. The number of benzene rings is 1. The van der Waals surface area contributed by atoms with E-state index in [1.54, 1.807) is 0 Å². The van der Waals surface area contributed by atoms with Crippen molar-refractivity contribution in [1.29, 1.82) is 0 Å². The molecule has 1 fully saturated rings. The van der Waals surface area contributed by atoms with Gasteiger partial charge in [-0.05, 0) is 24.6 Å². The van der Waals surface area contributed by atoms with E-state index in [2.05, 4.69) is 32.3 Å². The second-order valence-electron chi connectivity index (χ2n) is 5.93. The summed E-state index contributed by atoms with van der Waals surface area (Å²) in [6, 6.07) is 10.1. The van der Waals surface area contributed by atoms with Crippen molar-refractivity contribution in [3.05, 3.63) is 42.1 Å². The number of nitrogens with two attached hydrogens (primary N) is 1. The average molecular weight is 455 g/mol. The molecule has 0 atom stereocenters. The van der Waals surface area contributed by atoms with Gasteiger partial charge in [-0.15, -0.1) is 24.0 Å². The van der Waals surface area contributed by atoms with Crippen LogP contribution in [0.25, 0.3) is 10.9 Å². The summed E-state index contributed by atoms with van der Waals surface area (Å²) >= 11 is 0. The lowest BCUT2D eigenvalue weighted by Gasteiger charge is -2.26. The molecule has 0 saturated carbocycles. The number of para-hydroxylation sites is 1. The molecule has 25 heavy (non-hydrogen) atoms. The Morgan fingerprint density at radius 2 is 2.04 bits per heavy atom. The van der Waals surface area contributed by atoms with Gasteiger partial charge in [0, 0.05) is 31.2 Å². The third-order valence-electron chi connectivity index (χ3n) is 4.20. The number of rotatable bonds is 6. The van der Waals surface area contributed by atoms with Crippen molar-refractivity contribution in [2.24, 2.45) is 10.7 Å². The summed E-state index contributed by atoms with van der Waals surface area (Å²) in [5, 5.41) is 4.32. The Morgan fingerprint density at radius 1 is 1.24 bits per heavy atom. The maximum Gasteiger partial charge on any atom is 0.188 e. The van der Waals surface area contributed by atoms with Gasteiger partial charge in [0.15, 0.2) is 5.96 Å². The number of nitrogens with one attached hydrogen (secondary N) is 1. The Hall–Kier alpha value is -1.45. The predicted octanol–water partition coefficient (Wildman–Crippen LogP) is 1.98. The van der Waals surface area contributed by atoms with Gasteiger partial charge in [-0.3, -0.25) is 9.88 Å². The predicted molar refractivity (Wildman–Crippen MR) is 112 cm³/mol. The summed E-state index contributed by atoms with van der Waals surface area (Å²) in [4.78, 5) is 11.3. The van der Waals surface area contributed by atoms with Gasteiger partial charge in [0.05, 0.1) is 25.3 Å². The van der Waals surface area contributed by atoms with E-state index < -0.39 is 0 Å². The summed E-state index contributed by atoms with van der Waals surface area (Å²) in [5.74, 6) is 0.491. The number of ether oxygens (including phenoxy) is 1. The van der Waals surface area contributed by atoms with Crippen molar-refractivity contribution in [2.45, 2.75) is 13.0 Å². The Morgan fingerprint density at radius 3 is 2.88 bits per heavy atom. The third kappa shape index (κ3) is 6.09. The number of halogens is 1. The van der Waals surface area contributed by atoms with Crippen molar-refractivity contribution in [1.82, 2.24) is 15.2 Å². The first-order valence-corrected chi connectivity index (χ1v) is 8.49. The molecule has 1 saturated heterocycles. The average Bonchev–Trinajstić information content (AvgIpc) is 2.64. The largest absolute Gasteiger partial charge is 0.379 e. The number of aromatic nitrogens is 1. The van der Waals surface area contributed by atoms with Crippen molar-refractivity contribution < 1.29 is 4.74 Å². The van der Waals surface area contributed by atoms with Crippen LogP contribution in [0, 0.1) is 0 Å². The molecule has 0 aliphatic carbocycles. The van der Waals surface area contributed by atoms with Crippen LogP contribution in [0.2, 0.25) is 0 Å². The molecule has 0 unspecified atom stereocenters. The molecule has 1 aliphatic rings. The maximum absolute atomic E-state index is 5.97. The number of morpholine rings is 1. The second kappa shape index (κ2) is 10.5. The fourth-order valence-electron chi connectivity index (χ4n) is 2.87. The van der Waals surface area contributed by atoms with Crippen molar-refractivity contribution in [3.63, 3.8) is 0 Å². The zero-order chi connectivity index (χ0) is 16.6. The summed E-state index contributed by atoms with van der Waals surface area (Å²) in [6.45, 7) is 6.18. The van der Waals surface area contributed by atoms with E-state index in [4.69, 9.17) is 10.5 Å². The topological polar surface area (TPSA) is 75.8 Å². The number of hydrogen-bond acceptors (Lipinski definition) is 4. The molecular formula is C18H26IN5O. The van der Waals surface area contributed by atoms with E-state index in [1.807, 2.05) is 24.4 Å². The summed E-state index contributed by atoms with van der Waals surface area (Å²) in [7, 11) is 0. The monoisotopic (exact) mass is 455 g/mol. The van der Waals surface area contributed by atoms with Gasteiger partial charge in [0.1, 0.15) is 0 Å². The van der Waals surface area contributed by atoms with Crippen molar-refractivity contribution >= 4 is 40.8 Å². The molecule has 6 nitrogen and oxygen atoms in total. The SMILES string of the molecule is I.NC(=NCc1cccc2cccnc12)NCCCN1CCOCC1. The van der Waals surface area contributed by atoms with Gasteiger partial charge in [-0.1, -0.05) is 24.3 Å². The van der Waals surface area contributed by atoms with Gasteiger partial charge in [0.2, 0.25) is 0 Å². The summed E-state index contributed by atoms with van der Waals surface area (Å²) in [5.41, 5.74) is 8.05. The zero-order valence-corrected chi connectivity index (χ0v) is 16.7. The number of aliphatic imine (C=N–C) groups is 1. The normalized spacial score (nSPS) is 15.8. The quantitative estimate of drug-likeness (QED) is 0.302. The van der Waals surface area contributed by atoms with Crippen LogP contribution in [0.3, 0.4) is 0 Å². The molecular weight excluding hydrogens is 429 g/mol. The lowest BCUT2D eigenvalue weighted by molar-refractivity contribution is 0.0376. The van der Waals surface area contributed by atoms with Crippen molar-refractivity contribution in [2.75, 3.05) is 39.4 Å². The third-order valence-corrected chi connectivity index (χ3v) is 4.20. The number of nitrogens with zero attached hydrogens (tertiary/aromatic N) is 3. The first-order valence-electron chi connectivity index (χ1n) is 8.49. The van der Waals surface area contributed by atoms with E-state index in [9.17, 15) is 0 Å². The Kier molecular flexibility index (Phi) is 8.36. The molecule has 3 rings (SSSR count). The molecule has 1 aromatic heterocycles. The first-order chi connectivity index (χ1) is 11.8. The van der Waals surface area contributed by atoms with Crippen LogP contribution in [0.4, 0.5) is 0 Å². The number of pyridine rings is 1.